The molecule has 1 fully saturated rings. The Bertz CT molecular complexity index is 1370. The number of amides is 1. The topological polar surface area (TPSA) is 113 Å². The van der Waals surface area contributed by atoms with Crippen LogP contribution in [0.1, 0.15) is 0 Å². The van der Waals surface area contributed by atoms with Gasteiger partial charge in [-0.15, -0.1) is 11.3 Å². The summed E-state index contributed by atoms with van der Waals surface area (Å²) in [6, 6.07) is 13.4. The third-order valence-corrected chi connectivity index (χ3v) is 10.2. The maximum Gasteiger partial charge on any atom is 0.274 e. The largest absolute Gasteiger partial charge is 0.379 e. The molecule has 0 spiro atoms. The number of benzene rings is 2. The van der Waals surface area contributed by atoms with Gasteiger partial charge in [0.15, 0.2) is 0 Å². The maximum atomic E-state index is 13.4. The van der Waals surface area contributed by atoms with Gasteiger partial charge in [0.1, 0.15) is 16.6 Å². The minimum absolute atomic E-state index is 0.0345. The average molecular weight is 540 g/mol. The zero-order chi connectivity index (χ0) is 25.1. The molecular weight excluding hydrogens is 517 g/mol. The molecule has 1 aromatic heterocycles. The SMILES string of the molecule is O=C(CN(c1ccc(F)cc1)S(=O)(=O)c1cccs1)Nc1ccc(S(=O)(=O)N2CCOCC2)cc1. The monoisotopic (exact) mass is 539 g/mol. The van der Waals surface area contributed by atoms with Gasteiger partial charge >= 0.3 is 0 Å². The Morgan fingerprint density at radius 2 is 1.66 bits per heavy atom. The van der Waals surface area contributed by atoms with Gasteiger partial charge in [0.2, 0.25) is 15.9 Å². The van der Waals surface area contributed by atoms with Gasteiger partial charge in [-0.2, -0.15) is 4.31 Å². The smallest absolute Gasteiger partial charge is 0.274 e. The highest BCUT2D eigenvalue weighted by molar-refractivity contribution is 7.94. The van der Waals surface area contributed by atoms with E-state index in [-0.39, 0.29) is 27.9 Å². The van der Waals surface area contributed by atoms with E-state index < -0.39 is 38.3 Å². The van der Waals surface area contributed by atoms with Crippen LogP contribution in [0.3, 0.4) is 0 Å². The molecule has 1 saturated heterocycles. The molecule has 0 atom stereocenters. The lowest BCUT2D eigenvalue weighted by molar-refractivity contribution is -0.114. The summed E-state index contributed by atoms with van der Waals surface area (Å²) in [6.07, 6.45) is 0. The first kappa shape index (κ1) is 25.3. The molecule has 1 aliphatic heterocycles. The lowest BCUT2D eigenvalue weighted by Crippen LogP contribution is -2.40. The van der Waals surface area contributed by atoms with Gasteiger partial charge in [-0.1, -0.05) is 6.07 Å². The molecule has 4 rings (SSSR count). The standard InChI is InChI=1S/C22H22FN3O6S3/c23-17-3-7-19(8-4-17)26(35(30,31)22-2-1-15-33-22)16-21(27)24-18-5-9-20(10-6-18)34(28,29)25-11-13-32-14-12-25/h1-10,15H,11-14,16H2,(H,24,27). The van der Waals surface area contributed by atoms with Crippen LogP contribution in [-0.2, 0) is 29.6 Å². The van der Waals surface area contributed by atoms with Crippen molar-refractivity contribution >= 4 is 48.7 Å². The van der Waals surface area contributed by atoms with Crippen molar-refractivity contribution in [2.45, 2.75) is 9.10 Å². The van der Waals surface area contributed by atoms with Crippen molar-refractivity contribution in [3.63, 3.8) is 0 Å². The van der Waals surface area contributed by atoms with E-state index in [2.05, 4.69) is 5.32 Å². The lowest BCUT2D eigenvalue weighted by atomic mass is 10.3. The van der Waals surface area contributed by atoms with E-state index in [1.54, 1.807) is 11.4 Å². The summed E-state index contributed by atoms with van der Waals surface area (Å²) >= 11 is 0.999. The fourth-order valence-electron chi connectivity index (χ4n) is 3.42. The second-order valence-electron chi connectivity index (χ2n) is 7.51. The first-order chi connectivity index (χ1) is 16.7. The van der Waals surface area contributed by atoms with Gasteiger partial charge in [0, 0.05) is 18.8 Å². The zero-order valence-corrected chi connectivity index (χ0v) is 20.8. The summed E-state index contributed by atoms with van der Waals surface area (Å²) < 4.78 is 72.7. The Morgan fingerprint density at radius 1 is 1.00 bits per heavy atom. The molecule has 0 bridgehead atoms. The minimum atomic E-state index is -4.08. The van der Waals surface area contributed by atoms with Gasteiger partial charge in [0.25, 0.3) is 10.0 Å². The predicted octanol–water partition coefficient (Wildman–Crippen LogP) is 2.74. The Kier molecular flexibility index (Phi) is 7.52. The van der Waals surface area contributed by atoms with Crippen LogP contribution in [0.25, 0.3) is 0 Å². The van der Waals surface area contributed by atoms with Crippen molar-refractivity contribution in [3.05, 3.63) is 71.9 Å². The van der Waals surface area contributed by atoms with Crippen LogP contribution in [-0.4, -0.2) is 59.9 Å². The third kappa shape index (κ3) is 5.70. The summed E-state index contributed by atoms with van der Waals surface area (Å²) in [7, 11) is -7.76. The van der Waals surface area contributed by atoms with E-state index in [1.807, 2.05) is 0 Å². The van der Waals surface area contributed by atoms with E-state index in [1.165, 1.54) is 46.8 Å². The van der Waals surface area contributed by atoms with Crippen LogP contribution in [0, 0.1) is 5.82 Å². The summed E-state index contributed by atoms with van der Waals surface area (Å²) in [6.45, 7) is 0.607. The summed E-state index contributed by atoms with van der Waals surface area (Å²) in [5.41, 5.74) is 0.422. The number of nitrogens with one attached hydrogen (secondary N) is 1. The Morgan fingerprint density at radius 3 is 2.26 bits per heavy atom. The number of halogens is 1. The van der Waals surface area contributed by atoms with Gasteiger partial charge < -0.3 is 10.1 Å². The molecule has 13 heteroatoms. The molecule has 0 aliphatic carbocycles. The predicted molar refractivity (Wildman–Crippen MR) is 130 cm³/mol. The molecule has 1 N–H and O–H groups in total. The van der Waals surface area contributed by atoms with E-state index in [0.29, 0.717) is 18.9 Å². The highest BCUT2D eigenvalue weighted by Crippen LogP contribution is 2.27. The number of anilines is 2. The Balaban J connectivity index is 1.51. The number of ether oxygens (including phenoxy) is 1. The first-order valence-corrected chi connectivity index (χ1v) is 14.2. The Hall–Kier alpha value is -2.84. The zero-order valence-electron chi connectivity index (χ0n) is 18.3. The summed E-state index contributed by atoms with van der Waals surface area (Å²) in [5.74, 6) is -1.20. The van der Waals surface area contributed by atoms with E-state index in [9.17, 15) is 26.0 Å². The summed E-state index contributed by atoms with van der Waals surface area (Å²) in [5, 5.41) is 4.18. The Labute approximate surface area is 206 Å². The van der Waals surface area contributed by atoms with Gasteiger partial charge in [0.05, 0.1) is 23.8 Å². The third-order valence-electron chi connectivity index (χ3n) is 5.19. The fraction of sp³-hybridized carbons (Fsp3) is 0.227. The second kappa shape index (κ2) is 10.4. The van der Waals surface area contributed by atoms with Crippen LogP contribution >= 0.6 is 11.3 Å². The maximum absolute atomic E-state index is 13.4. The fourth-order valence-corrected chi connectivity index (χ4v) is 7.35. The van der Waals surface area contributed by atoms with Crippen LogP contribution in [0.5, 0.6) is 0 Å². The van der Waals surface area contributed by atoms with Crippen molar-refractivity contribution in [1.82, 2.24) is 4.31 Å². The molecule has 0 saturated carbocycles. The molecule has 3 aromatic rings. The quantitative estimate of drug-likeness (QED) is 0.471. The second-order valence-corrected chi connectivity index (χ2v) is 12.5. The highest BCUT2D eigenvalue weighted by atomic mass is 32.2. The molecule has 2 heterocycles. The van der Waals surface area contributed by atoms with Gasteiger partial charge in [-0.3, -0.25) is 9.10 Å². The number of nitrogens with zero attached hydrogens (tertiary/aromatic N) is 2. The number of carbonyl (C=O) groups is 1. The van der Waals surface area contributed by atoms with Crippen molar-refractivity contribution in [2.75, 3.05) is 42.5 Å². The van der Waals surface area contributed by atoms with Crippen LogP contribution in [0.2, 0.25) is 0 Å². The normalized spacial score (nSPS) is 15.0. The number of carbonyl (C=O) groups excluding carboxylic acids is 1. The molecule has 0 unspecified atom stereocenters. The summed E-state index contributed by atoms with van der Waals surface area (Å²) in [4.78, 5) is 12.9. The molecule has 2 aromatic carbocycles. The van der Waals surface area contributed by atoms with Crippen molar-refractivity contribution in [1.29, 1.82) is 0 Å². The van der Waals surface area contributed by atoms with Gasteiger partial charge in [-0.25, -0.2) is 21.2 Å². The number of hydrogen-bond acceptors (Lipinski definition) is 7. The number of morpholine rings is 1. The number of hydrogen-bond donors (Lipinski definition) is 1. The van der Waals surface area contributed by atoms with Crippen molar-refractivity contribution < 1.29 is 30.8 Å². The highest BCUT2D eigenvalue weighted by Gasteiger charge is 2.29. The van der Waals surface area contributed by atoms with E-state index in [4.69, 9.17) is 4.74 Å². The molecule has 1 amide bonds. The lowest BCUT2D eigenvalue weighted by Gasteiger charge is -2.26. The number of thiophene rings is 1. The molecule has 186 valence electrons. The minimum Gasteiger partial charge on any atom is -0.379 e. The molecule has 0 radical (unpaired) electrons. The molecular formula is C22H22FN3O6S3. The van der Waals surface area contributed by atoms with Crippen LogP contribution in [0.15, 0.2) is 75.1 Å². The number of rotatable bonds is 8. The average Bonchev–Trinajstić information content (AvgIpc) is 3.40. The number of sulfonamides is 2. The van der Waals surface area contributed by atoms with Crippen LogP contribution < -0.4 is 9.62 Å². The van der Waals surface area contributed by atoms with E-state index >= 15 is 0 Å². The van der Waals surface area contributed by atoms with Gasteiger partial charge in [-0.05, 0) is 60.0 Å². The van der Waals surface area contributed by atoms with E-state index in [0.717, 1.165) is 27.8 Å². The molecule has 35 heavy (non-hydrogen) atoms. The molecule has 1 aliphatic rings. The van der Waals surface area contributed by atoms with Crippen LogP contribution in [0.4, 0.5) is 15.8 Å². The van der Waals surface area contributed by atoms with Crippen molar-refractivity contribution in [3.8, 4) is 0 Å². The molecule has 9 nitrogen and oxygen atoms in total. The first-order valence-electron chi connectivity index (χ1n) is 10.5. The van der Waals surface area contributed by atoms with Crippen molar-refractivity contribution in [2.24, 2.45) is 0 Å².